The Hall–Kier alpha value is -1.21. The maximum absolute atomic E-state index is 13.9. The summed E-state index contributed by atoms with van der Waals surface area (Å²) in [4.78, 5) is 0. The molecule has 8 heteroatoms. The molecule has 0 aliphatic heterocycles. The molecule has 0 radical (unpaired) electrons. The van der Waals surface area contributed by atoms with Crippen LogP contribution in [0.3, 0.4) is 0 Å². The summed E-state index contributed by atoms with van der Waals surface area (Å²) in [7, 11) is 0. The molecule has 0 bridgehead atoms. The maximum Gasteiger partial charge on any atom is 0.419 e. The van der Waals surface area contributed by atoms with Gasteiger partial charge in [-0.3, -0.25) is 0 Å². The lowest BCUT2D eigenvalue weighted by atomic mass is 10.1. The van der Waals surface area contributed by atoms with Crippen molar-refractivity contribution in [3.05, 3.63) is 34.6 Å². The van der Waals surface area contributed by atoms with Crippen LogP contribution in [0.1, 0.15) is 17.0 Å². The molecular formula is C12H9ClF4N2S. The van der Waals surface area contributed by atoms with E-state index in [0.29, 0.717) is 29.8 Å². The van der Waals surface area contributed by atoms with Gasteiger partial charge in [0.25, 0.3) is 0 Å². The van der Waals surface area contributed by atoms with Gasteiger partial charge in [0.05, 0.1) is 5.56 Å². The van der Waals surface area contributed by atoms with Crippen LogP contribution in [0.25, 0.3) is 10.6 Å². The number of hydrogen-bond acceptors (Lipinski definition) is 3. The van der Waals surface area contributed by atoms with Crippen LogP contribution >= 0.6 is 22.9 Å². The maximum atomic E-state index is 13.9. The van der Waals surface area contributed by atoms with Crippen molar-refractivity contribution < 1.29 is 17.6 Å². The first-order valence-electron chi connectivity index (χ1n) is 5.68. The molecule has 0 spiro atoms. The lowest BCUT2D eigenvalue weighted by molar-refractivity contribution is -0.139. The van der Waals surface area contributed by atoms with Gasteiger partial charge in [0.1, 0.15) is 10.8 Å². The van der Waals surface area contributed by atoms with Crippen LogP contribution in [0.15, 0.2) is 18.2 Å². The van der Waals surface area contributed by atoms with E-state index in [1.54, 1.807) is 0 Å². The number of rotatable bonds is 4. The molecular weight excluding hydrogens is 316 g/mol. The Morgan fingerprint density at radius 2 is 1.95 bits per heavy atom. The SMILES string of the molecule is Fc1c(-c2nnc(CCCCl)s2)cccc1C(F)(F)F. The lowest BCUT2D eigenvalue weighted by Crippen LogP contribution is -2.08. The lowest BCUT2D eigenvalue weighted by Gasteiger charge is -2.09. The van der Waals surface area contributed by atoms with Gasteiger partial charge in [-0.2, -0.15) is 13.2 Å². The van der Waals surface area contributed by atoms with Crippen LogP contribution in [0.2, 0.25) is 0 Å². The summed E-state index contributed by atoms with van der Waals surface area (Å²) in [6.45, 7) is 0. The molecule has 0 aliphatic rings. The summed E-state index contributed by atoms with van der Waals surface area (Å²) in [5.74, 6) is -0.868. The van der Waals surface area contributed by atoms with E-state index >= 15 is 0 Å². The molecule has 1 aromatic heterocycles. The third-order valence-electron chi connectivity index (χ3n) is 2.53. The fourth-order valence-electron chi connectivity index (χ4n) is 1.60. The minimum Gasteiger partial charge on any atom is -0.206 e. The number of hydrogen-bond donors (Lipinski definition) is 0. The molecule has 20 heavy (non-hydrogen) atoms. The van der Waals surface area contributed by atoms with Crippen molar-refractivity contribution >= 4 is 22.9 Å². The zero-order valence-corrected chi connectivity index (χ0v) is 11.6. The third kappa shape index (κ3) is 3.27. The van der Waals surface area contributed by atoms with Gasteiger partial charge in [-0.25, -0.2) is 4.39 Å². The van der Waals surface area contributed by atoms with Gasteiger partial charge in [-0.15, -0.1) is 21.8 Å². The van der Waals surface area contributed by atoms with Crippen LogP contribution in [0.4, 0.5) is 17.6 Å². The van der Waals surface area contributed by atoms with Crippen molar-refractivity contribution in [3.63, 3.8) is 0 Å². The van der Waals surface area contributed by atoms with Crippen molar-refractivity contribution in [1.82, 2.24) is 10.2 Å². The van der Waals surface area contributed by atoms with Crippen molar-refractivity contribution in [3.8, 4) is 10.6 Å². The molecule has 0 unspecified atom stereocenters. The van der Waals surface area contributed by atoms with Gasteiger partial charge in [-0.05, 0) is 18.6 Å². The molecule has 0 saturated carbocycles. The monoisotopic (exact) mass is 324 g/mol. The Morgan fingerprint density at radius 3 is 2.60 bits per heavy atom. The van der Waals surface area contributed by atoms with Gasteiger partial charge in [0, 0.05) is 17.9 Å². The number of nitrogens with zero attached hydrogens (tertiary/aromatic N) is 2. The topological polar surface area (TPSA) is 25.8 Å². The average molecular weight is 325 g/mol. The molecule has 0 N–H and O–H groups in total. The highest BCUT2D eigenvalue weighted by Crippen LogP contribution is 2.36. The first-order chi connectivity index (χ1) is 9.43. The van der Waals surface area contributed by atoms with Crippen LogP contribution in [0, 0.1) is 5.82 Å². The predicted octanol–water partition coefficient (Wildman–Crippen LogP) is 4.53. The van der Waals surface area contributed by atoms with Crippen molar-refractivity contribution in [2.75, 3.05) is 5.88 Å². The van der Waals surface area contributed by atoms with E-state index in [1.165, 1.54) is 6.07 Å². The zero-order chi connectivity index (χ0) is 14.8. The zero-order valence-electron chi connectivity index (χ0n) is 10.0. The van der Waals surface area contributed by atoms with Gasteiger partial charge >= 0.3 is 6.18 Å². The van der Waals surface area contributed by atoms with Gasteiger partial charge in [0.2, 0.25) is 0 Å². The fraction of sp³-hybridized carbons (Fsp3) is 0.333. The first-order valence-corrected chi connectivity index (χ1v) is 7.03. The van der Waals surface area contributed by atoms with Crippen LogP contribution in [-0.2, 0) is 12.6 Å². The quantitative estimate of drug-likeness (QED) is 0.610. The van der Waals surface area contributed by atoms with Gasteiger partial charge in [0.15, 0.2) is 5.01 Å². The summed E-state index contributed by atoms with van der Waals surface area (Å²) in [6, 6.07) is 3.12. The summed E-state index contributed by atoms with van der Waals surface area (Å²) < 4.78 is 51.8. The van der Waals surface area contributed by atoms with E-state index in [-0.39, 0.29) is 10.6 Å². The largest absolute Gasteiger partial charge is 0.419 e. The molecule has 0 fully saturated rings. The highest BCUT2D eigenvalue weighted by molar-refractivity contribution is 7.14. The van der Waals surface area contributed by atoms with E-state index in [9.17, 15) is 17.6 Å². The van der Waals surface area contributed by atoms with E-state index in [2.05, 4.69) is 10.2 Å². The van der Waals surface area contributed by atoms with Crippen molar-refractivity contribution in [2.24, 2.45) is 0 Å². The Kier molecular flexibility index (Phi) is 4.59. The molecule has 108 valence electrons. The standard InChI is InChI=1S/C12H9ClF4N2S/c13-6-2-5-9-18-19-11(20-9)7-3-1-4-8(10(7)14)12(15,16)17/h1,3-4H,2,5-6H2. The number of aromatic nitrogens is 2. The molecule has 0 saturated heterocycles. The number of alkyl halides is 4. The Labute approximate surface area is 121 Å². The number of halogens is 5. The summed E-state index contributed by atoms with van der Waals surface area (Å²) >= 11 is 6.61. The number of aryl methyl sites for hydroxylation is 1. The van der Waals surface area contributed by atoms with Gasteiger partial charge < -0.3 is 0 Å². The summed E-state index contributed by atoms with van der Waals surface area (Å²) in [5, 5.41) is 8.33. The van der Waals surface area contributed by atoms with Gasteiger partial charge in [-0.1, -0.05) is 17.4 Å². The Balaban J connectivity index is 2.36. The van der Waals surface area contributed by atoms with E-state index < -0.39 is 17.6 Å². The second-order valence-electron chi connectivity index (χ2n) is 3.96. The molecule has 2 aromatic rings. The highest BCUT2D eigenvalue weighted by Gasteiger charge is 2.35. The Bertz CT molecular complexity index is 597. The average Bonchev–Trinajstić information content (AvgIpc) is 2.83. The highest BCUT2D eigenvalue weighted by atomic mass is 35.5. The second-order valence-corrected chi connectivity index (χ2v) is 5.40. The summed E-state index contributed by atoms with van der Waals surface area (Å²) in [5.41, 5.74) is -1.48. The Morgan fingerprint density at radius 1 is 1.20 bits per heavy atom. The van der Waals surface area contributed by atoms with Crippen LogP contribution in [0.5, 0.6) is 0 Å². The predicted molar refractivity (Wildman–Crippen MR) is 69.3 cm³/mol. The first kappa shape index (κ1) is 15.2. The molecule has 0 atom stereocenters. The normalized spacial score (nSPS) is 11.8. The minimum absolute atomic E-state index is 0.137. The second kappa shape index (κ2) is 6.05. The van der Waals surface area contributed by atoms with E-state index in [0.717, 1.165) is 17.4 Å². The fourth-order valence-corrected chi connectivity index (χ4v) is 2.63. The molecule has 0 amide bonds. The summed E-state index contributed by atoms with van der Waals surface area (Å²) in [6.07, 6.45) is -3.48. The van der Waals surface area contributed by atoms with Crippen LogP contribution in [-0.4, -0.2) is 16.1 Å². The van der Waals surface area contributed by atoms with Crippen molar-refractivity contribution in [1.29, 1.82) is 0 Å². The molecule has 1 aromatic carbocycles. The molecule has 2 nitrogen and oxygen atoms in total. The third-order valence-corrected chi connectivity index (χ3v) is 3.81. The van der Waals surface area contributed by atoms with Crippen LogP contribution < -0.4 is 0 Å². The van der Waals surface area contributed by atoms with Crippen molar-refractivity contribution in [2.45, 2.75) is 19.0 Å². The molecule has 2 rings (SSSR count). The minimum atomic E-state index is -4.73. The molecule has 0 aliphatic carbocycles. The van der Waals surface area contributed by atoms with E-state index in [1.807, 2.05) is 0 Å². The number of benzene rings is 1. The van der Waals surface area contributed by atoms with E-state index in [4.69, 9.17) is 11.6 Å². The smallest absolute Gasteiger partial charge is 0.206 e. The molecule has 1 heterocycles.